The first-order valence-corrected chi connectivity index (χ1v) is 7.28. The molecule has 0 fully saturated rings. The van der Waals surface area contributed by atoms with Crippen LogP contribution >= 0.6 is 0 Å². The van der Waals surface area contributed by atoms with E-state index in [1.807, 2.05) is 6.07 Å². The van der Waals surface area contributed by atoms with Crippen molar-refractivity contribution in [2.75, 3.05) is 5.32 Å². The molecule has 0 unspecified atom stereocenters. The summed E-state index contributed by atoms with van der Waals surface area (Å²) < 4.78 is 40.3. The van der Waals surface area contributed by atoms with Gasteiger partial charge in [-0.15, -0.1) is 0 Å². The largest absolute Gasteiger partial charge is 0.417 e. The number of anilines is 1. The fraction of sp³-hybridized carbons (Fsp3) is 0.235. The molecule has 6 nitrogen and oxygen atoms in total. The molecule has 1 aromatic heterocycles. The van der Waals surface area contributed by atoms with Crippen LogP contribution in [0.25, 0.3) is 0 Å². The van der Waals surface area contributed by atoms with Crippen LogP contribution in [0.4, 0.5) is 18.9 Å². The summed E-state index contributed by atoms with van der Waals surface area (Å²) >= 11 is 0. The molecule has 0 saturated heterocycles. The molecule has 9 heteroatoms. The predicted molar refractivity (Wildman–Crippen MR) is 84.6 cm³/mol. The molecule has 0 aliphatic carbocycles. The number of hydrogen-bond donors (Lipinski definition) is 2. The van der Waals surface area contributed by atoms with Crippen LogP contribution in [0.3, 0.4) is 0 Å². The van der Waals surface area contributed by atoms with Gasteiger partial charge in [0.15, 0.2) is 5.60 Å². The maximum atomic E-state index is 13.0. The van der Waals surface area contributed by atoms with E-state index in [9.17, 15) is 23.1 Å². The minimum atomic E-state index is -4.76. The summed E-state index contributed by atoms with van der Waals surface area (Å²) in [5, 5.41) is 30.1. The number of carbonyl (C=O) groups is 1. The van der Waals surface area contributed by atoms with Crippen molar-refractivity contribution in [1.82, 2.24) is 4.57 Å². The van der Waals surface area contributed by atoms with E-state index in [4.69, 9.17) is 10.5 Å². The average molecular weight is 362 g/mol. The van der Waals surface area contributed by atoms with Crippen LogP contribution in [0.2, 0.25) is 0 Å². The van der Waals surface area contributed by atoms with Crippen molar-refractivity contribution in [3.63, 3.8) is 0 Å². The first kappa shape index (κ1) is 19.0. The number of benzene rings is 1. The Labute approximate surface area is 146 Å². The van der Waals surface area contributed by atoms with Crippen LogP contribution in [0.5, 0.6) is 0 Å². The quantitative estimate of drug-likeness (QED) is 0.873. The smallest absolute Gasteiger partial charge is 0.378 e. The molecular weight excluding hydrogens is 349 g/mol. The Morgan fingerprint density at radius 3 is 2.50 bits per heavy atom. The molecule has 1 aromatic carbocycles. The number of amides is 1. The highest BCUT2D eigenvalue weighted by atomic mass is 19.4. The topological polar surface area (TPSA) is 102 Å². The van der Waals surface area contributed by atoms with Crippen molar-refractivity contribution >= 4 is 11.6 Å². The van der Waals surface area contributed by atoms with Crippen molar-refractivity contribution < 1.29 is 23.1 Å². The maximum absolute atomic E-state index is 13.0. The second-order valence-electron chi connectivity index (χ2n) is 5.78. The van der Waals surface area contributed by atoms with Gasteiger partial charge in [-0.05, 0) is 31.2 Å². The van der Waals surface area contributed by atoms with E-state index in [0.717, 1.165) is 12.1 Å². The standard InChI is InChI=1S/C17H13F3N4O2/c1-16(26,10-24-5-4-11(7-21)9-24)15(25)23-13-3-2-12(8-22)14(6-13)17(18,19)20/h2-6,9,26H,10H2,1H3,(H,23,25)/t16-/m0/s1. The maximum Gasteiger partial charge on any atom is 0.417 e. The van der Waals surface area contributed by atoms with Crippen LogP contribution in [0.15, 0.2) is 36.7 Å². The minimum absolute atomic E-state index is 0.202. The molecular formula is C17H13F3N4O2. The van der Waals surface area contributed by atoms with Gasteiger partial charge in [0.2, 0.25) is 0 Å². The van der Waals surface area contributed by atoms with E-state index in [0.29, 0.717) is 11.6 Å². The summed E-state index contributed by atoms with van der Waals surface area (Å²) in [4.78, 5) is 12.2. The molecule has 0 spiro atoms. The Balaban J connectivity index is 2.20. The zero-order valence-electron chi connectivity index (χ0n) is 13.5. The Bertz CT molecular complexity index is 917. The molecule has 134 valence electrons. The Morgan fingerprint density at radius 2 is 1.96 bits per heavy atom. The molecule has 26 heavy (non-hydrogen) atoms. The Kier molecular flexibility index (Phi) is 5.05. The van der Waals surface area contributed by atoms with Crippen molar-refractivity contribution in [3.05, 3.63) is 53.3 Å². The van der Waals surface area contributed by atoms with E-state index >= 15 is 0 Å². The van der Waals surface area contributed by atoms with E-state index in [2.05, 4.69) is 5.32 Å². The number of nitrogens with zero attached hydrogens (tertiary/aromatic N) is 3. The molecule has 1 amide bonds. The Morgan fingerprint density at radius 1 is 1.27 bits per heavy atom. The lowest BCUT2D eigenvalue weighted by Crippen LogP contribution is -2.43. The Hall–Kier alpha value is -3.30. The van der Waals surface area contributed by atoms with Crippen LogP contribution < -0.4 is 5.32 Å². The number of halogens is 3. The average Bonchev–Trinajstić information content (AvgIpc) is 3.00. The number of aromatic nitrogens is 1. The van der Waals surface area contributed by atoms with Crippen molar-refractivity contribution in [2.24, 2.45) is 0 Å². The molecule has 0 aliphatic heterocycles. The van der Waals surface area contributed by atoms with E-state index < -0.39 is 28.8 Å². The molecule has 2 rings (SSSR count). The molecule has 0 radical (unpaired) electrons. The summed E-state index contributed by atoms with van der Waals surface area (Å²) in [7, 11) is 0. The van der Waals surface area contributed by atoms with E-state index in [1.54, 1.807) is 0 Å². The molecule has 0 aliphatic rings. The number of nitrogens with one attached hydrogen (secondary N) is 1. The zero-order chi connectivity index (χ0) is 19.5. The van der Waals surface area contributed by atoms with E-state index in [1.165, 1.54) is 36.0 Å². The number of hydrogen-bond acceptors (Lipinski definition) is 4. The molecule has 0 bridgehead atoms. The lowest BCUT2D eigenvalue weighted by Gasteiger charge is -2.23. The van der Waals surface area contributed by atoms with Gasteiger partial charge in [0.1, 0.15) is 6.07 Å². The third kappa shape index (κ3) is 4.21. The fourth-order valence-corrected chi connectivity index (χ4v) is 2.25. The second-order valence-corrected chi connectivity index (χ2v) is 5.78. The van der Waals surface area contributed by atoms with Crippen molar-refractivity contribution in [1.29, 1.82) is 10.5 Å². The van der Waals surface area contributed by atoms with Crippen molar-refractivity contribution in [2.45, 2.75) is 25.2 Å². The predicted octanol–water partition coefficient (Wildman–Crippen LogP) is 2.64. The van der Waals surface area contributed by atoms with Gasteiger partial charge in [-0.3, -0.25) is 4.79 Å². The normalized spacial score (nSPS) is 13.3. The molecule has 2 N–H and O–H groups in total. The molecule has 2 aromatic rings. The number of nitriles is 2. The molecule has 1 heterocycles. The summed E-state index contributed by atoms with van der Waals surface area (Å²) in [6.07, 6.45) is -1.85. The highest BCUT2D eigenvalue weighted by Crippen LogP contribution is 2.33. The summed E-state index contributed by atoms with van der Waals surface area (Å²) in [6.45, 7) is 0.992. The van der Waals surface area contributed by atoms with Gasteiger partial charge in [-0.1, -0.05) is 0 Å². The lowest BCUT2D eigenvalue weighted by molar-refractivity contribution is -0.138. The monoisotopic (exact) mass is 362 g/mol. The number of aliphatic hydroxyl groups is 1. The fourth-order valence-electron chi connectivity index (χ4n) is 2.25. The summed E-state index contributed by atoms with van der Waals surface area (Å²) in [5.41, 5.74) is -3.56. The van der Waals surface area contributed by atoms with Gasteiger partial charge in [0.05, 0.1) is 29.3 Å². The lowest BCUT2D eigenvalue weighted by atomic mass is 10.0. The first-order valence-electron chi connectivity index (χ1n) is 7.28. The number of rotatable bonds is 4. The molecule has 1 atom stereocenters. The number of carbonyl (C=O) groups excluding carboxylic acids is 1. The highest BCUT2D eigenvalue weighted by Gasteiger charge is 2.35. The van der Waals surface area contributed by atoms with Gasteiger partial charge >= 0.3 is 6.18 Å². The molecule has 0 saturated carbocycles. The van der Waals surface area contributed by atoms with Crippen LogP contribution in [-0.4, -0.2) is 21.2 Å². The first-order chi connectivity index (χ1) is 12.1. The van der Waals surface area contributed by atoms with Crippen molar-refractivity contribution in [3.8, 4) is 12.1 Å². The summed E-state index contributed by atoms with van der Waals surface area (Å²) in [6, 6.07) is 7.55. The second kappa shape index (κ2) is 6.90. The van der Waals surface area contributed by atoms with Gasteiger partial charge in [0, 0.05) is 18.1 Å². The van der Waals surface area contributed by atoms with Gasteiger partial charge in [-0.25, -0.2) is 0 Å². The van der Waals surface area contributed by atoms with Gasteiger partial charge in [-0.2, -0.15) is 23.7 Å². The van der Waals surface area contributed by atoms with Gasteiger partial charge in [0.25, 0.3) is 5.91 Å². The minimum Gasteiger partial charge on any atom is -0.378 e. The third-order valence-electron chi connectivity index (χ3n) is 3.56. The third-order valence-corrected chi connectivity index (χ3v) is 3.56. The van der Waals surface area contributed by atoms with Crippen LogP contribution in [-0.2, 0) is 17.5 Å². The van der Waals surface area contributed by atoms with Crippen LogP contribution in [0.1, 0.15) is 23.6 Å². The van der Waals surface area contributed by atoms with E-state index in [-0.39, 0.29) is 12.2 Å². The highest BCUT2D eigenvalue weighted by molar-refractivity contribution is 5.96. The van der Waals surface area contributed by atoms with Crippen LogP contribution in [0, 0.1) is 22.7 Å². The number of alkyl halides is 3. The summed E-state index contributed by atoms with van der Waals surface area (Å²) in [5.74, 6) is -0.928. The van der Waals surface area contributed by atoms with Gasteiger partial charge < -0.3 is 15.0 Å². The SMILES string of the molecule is C[C@](O)(Cn1ccc(C#N)c1)C(=O)Nc1ccc(C#N)c(C(F)(F)F)c1. The zero-order valence-corrected chi connectivity index (χ0v) is 13.5.